The van der Waals surface area contributed by atoms with Gasteiger partial charge >= 0.3 is 0 Å². The van der Waals surface area contributed by atoms with Crippen LogP contribution < -0.4 is 14.8 Å². The molecule has 7 heteroatoms. The Hall–Kier alpha value is -2.90. The molecule has 0 saturated heterocycles. The van der Waals surface area contributed by atoms with Crippen molar-refractivity contribution in [1.82, 2.24) is 10.3 Å². The van der Waals surface area contributed by atoms with E-state index in [9.17, 15) is 9.90 Å². The van der Waals surface area contributed by atoms with Gasteiger partial charge in [0.2, 0.25) is 5.88 Å². The molecule has 2 aromatic carbocycles. The lowest BCUT2D eigenvalue weighted by atomic mass is 10.2. The smallest absolute Gasteiger partial charge is 0.252 e. The van der Waals surface area contributed by atoms with Crippen molar-refractivity contribution in [2.45, 2.75) is 13.0 Å². The Labute approximate surface area is 177 Å². The van der Waals surface area contributed by atoms with E-state index in [1.165, 1.54) is 6.20 Å². The second kappa shape index (κ2) is 10.0. The average molecular weight is 457 g/mol. The summed E-state index contributed by atoms with van der Waals surface area (Å²) in [6, 6.07) is 18.2. The maximum absolute atomic E-state index is 12.2. The van der Waals surface area contributed by atoms with Gasteiger partial charge < -0.3 is 19.9 Å². The first-order valence-electron chi connectivity index (χ1n) is 9.05. The van der Waals surface area contributed by atoms with E-state index in [4.69, 9.17) is 9.47 Å². The lowest BCUT2D eigenvalue weighted by Gasteiger charge is -2.13. The molecule has 3 rings (SSSR count). The summed E-state index contributed by atoms with van der Waals surface area (Å²) in [5, 5.41) is 12.7. The summed E-state index contributed by atoms with van der Waals surface area (Å²) in [5.41, 5.74) is 1.45. The highest BCUT2D eigenvalue weighted by Gasteiger charge is 2.11. The summed E-state index contributed by atoms with van der Waals surface area (Å²) in [6.45, 7) is 2.12. The molecule has 29 heavy (non-hydrogen) atoms. The van der Waals surface area contributed by atoms with Gasteiger partial charge in [-0.3, -0.25) is 4.79 Å². The first-order valence-corrected chi connectivity index (χ1v) is 9.84. The van der Waals surface area contributed by atoms with Gasteiger partial charge in [0, 0.05) is 23.3 Å². The van der Waals surface area contributed by atoms with Gasteiger partial charge in [-0.05, 0) is 48.9 Å². The fraction of sp³-hybridized carbons (Fsp3) is 0.182. The maximum atomic E-state index is 12.2. The molecular weight excluding hydrogens is 436 g/mol. The number of pyridine rings is 1. The van der Waals surface area contributed by atoms with E-state index < -0.39 is 6.10 Å². The molecule has 150 valence electrons. The Bertz CT molecular complexity index is 963. The fourth-order valence-electron chi connectivity index (χ4n) is 2.50. The van der Waals surface area contributed by atoms with Crippen LogP contribution in [0.15, 0.2) is 71.3 Å². The highest BCUT2D eigenvalue weighted by Crippen LogP contribution is 2.23. The van der Waals surface area contributed by atoms with Crippen LogP contribution in [0.25, 0.3) is 0 Å². The number of aliphatic hydroxyl groups excluding tert-OH is 1. The van der Waals surface area contributed by atoms with Crippen molar-refractivity contribution in [1.29, 1.82) is 0 Å². The van der Waals surface area contributed by atoms with E-state index in [0.717, 1.165) is 10.0 Å². The first kappa shape index (κ1) is 20.8. The van der Waals surface area contributed by atoms with E-state index in [2.05, 4.69) is 26.2 Å². The molecule has 0 saturated carbocycles. The Morgan fingerprint density at radius 2 is 1.93 bits per heavy atom. The molecule has 0 fully saturated rings. The fourth-order valence-corrected chi connectivity index (χ4v) is 2.87. The molecule has 0 aliphatic rings. The molecule has 0 aliphatic carbocycles. The molecule has 6 nitrogen and oxygen atoms in total. The van der Waals surface area contributed by atoms with Crippen molar-refractivity contribution >= 4 is 21.8 Å². The van der Waals surface area contributed by atoms with E-state index in [-0.39, 0.29) is 19.1 Å². The molecule has 2 N–H and O–H groups in total. The SMILES string of the molecule is Cc1cccc(OCC(O)CNC(=O)c2ccc(Oc3cccc(Br)c3)nc2)c1. The minimum atomic E-state index is -0.827. The van der Waals surface area contributed by atoms with E-state index in [1.807, 2.05) is 55.5 Å². The number of aromatic nitrogens is 1. The van der Waals surface area contributed by atoms with Crippen LogP contribution in [0.4, 0.5) is 0 Å². The van der Waals surface area contributed by atoms with Gasteiger partial charge in [0.1, 0.15) is 24.2 Å². The zero-order valence-corrected chi connectivity index (χ0v) is 17.4. The lowest BCUT2D eigenvalue weighted by molar-refractivity contribution is 0.0843. The Kier molecular flexibility index (Phi) is 7.21. The number of hydrogen-bond acceptors (Lipinski definition) is 5. The average Bonchev–Trinajstić information content (AvgIpc) is 2.71. The number of aryl methyl sites for hydroxylation is 1. The standard InChI is InChI=1S/C22H21BrN2O4/c1-15-4-2-6-19(10-15)28-14-18(26)13-25-22(27)16-8-9-21(24-12-16)29-20-7-3-5-17(23)11-20/h2-12,18,26H,13-14H2,1H3,(H,25,27). The first-order chi connectivity index (χ1) is 14.0. The summed E-state index contributed by atoms with van der Waals surface area (Å²) in [6.07, 6.45) is 0.602. The van der Waals surface area contributed by atoms with Gasteiger partial charge in [0.15, 0.2) is 0 Å². The Morgan fingerprint density at radius 3 is 2.66 bits per heavy atom. The maximum Gasteiger partial charge on any atom is 0.252 e. The molecular formula is C22H21BrN2O4. The number of halogens is 1. The van der Waals surface area contributed by atoms with Crippen LogP contribution in [-0.2, 0) is 0 Å². The molecule has 1 heterocycles. The summed E-state index contributed by atoms with van der Waals surface area (Å²) < 4.78 is 12.1. The quantitative estimate of drug-likeness (QED) is 0.532. The number of hydrogen-bond donors (Lipinski definition) is 2. The predicted molar refractivity (Wildman–Crippen MR) is 113 cm³/mol. The zero-order chi connectivity index (χ0) is 20.6. The van der Waals surface area contributed by atoms with E-state index in [0.29, 0.717) is 22.9 Å². The van der Waals surface area contributed by atoms with Gasteiger partial charge in [-0.25, -0.2) is 4.98 Å². The van der Waals surface area contributed by atoms with Crippen LogP contribution in [0.3, 0.4) is 0 Å². The minimum absolute atomic E-state index is 0.0704. The van der Waals surface area contributed by atoms with Gasteiger partial charge in [0.05, 0.1) is 5.56 Å². The molecule has 0 aliphatic heterocycles. The van der Waals surface area contributed by atoms with Gasteiger partial charge in [-0.1, -0.05) is 34.1 Å². The molecule has 3 aromatic rings. The van der Waals surface area contributed by atoms with E-state index in [1.54, 1.807) is 12.1 Å². The molecule has 1 unspecified atom stereocenters. The molecule has 1 amide bonds. The highest BCUT2D eigenvalue weighted by molar-refractivity contribution is 9.10. The summed E-state index contributed by atoms with van der Waals surface area (Å²) in [5.74, 6) is 1.37. The third kappa shape index (κ3) is 6.58. The van der Waals surface area contributed by atoms with E-state index >= 15 is 0 Å². The number of benzene rings is 2. The van der Waals surface area contributed by atoms with Crippen molar-refractivity contribution in [2.75, 3.05) is 13.2 Å². The highest BCUT2D eigenvalue weighted by atomic mass is 79.9. The number of nitrogens with one attached hydrogen (secondary N) is 1. The molecule has 1 aromatic heterocycles. The normalized spacial score (nSPS) is 11.6. The number of carbonyl (C=O) groups excluding carboxylic acids is 1. The third-order valence-corrected chi connectivity index (χ3v) is 4.44. The second-order valence-electron chi connectivity index (χ2n) is 6.44. The van der Waals surface area contributed by atoms with Crippen molar-refractivity contribution < 1.29 is 19.4 Å². The number of rotatable bonds is 8. The monoisotopic (exact) mass is 456 g/mol. The van der Waals surface area contributed by atoms with Crippen LogP contribution >= 0.6 is 15.9 Å². The van der Waals surface area contributed by atoms with Crippen molar-refractivity contribution in [3.8, 4) is 17.4 Å². The number of aliphatic hydroxyl groups is 1. The number of nitrogens with zero attached hydrogens (tertiary/aromatic N) is 1. The lowest BCUT2D eigenvalue weighted by Crippen LogP contribution is -2.35. The third-order valence-electron chi connectivity index (χ3n) is 3.95. The largest absolute Gasteiger partial charge is 0.491 e. The zero-order valence-electron chi connectivity index (χ0n) is 15.8. The van der Waals surface area contributed by atoms with Crippen molar-refractivity contribution in [3.05, 3.63) is 82.5 Å². The topological polar surface area (TPSA) is 80.7 Å². The molecule has 0 radical (unpaired) electrons. The van der Waals surface area contributed by atoms with Crippen LogP contribution in [0.1, 0.15) is 15.9 Å². The summed E-state index contributed by atoms with van der Waals surface area (Å²) >= 11 is 3.38. The molecule has 0 bridgehead atoms. The van der Waals surface area contributed by atoms with Crippen LogP contribution in [0.2, 0.25) is 0 Å². The Morgan fingerprint density at radius 1 is 1.14 bits per heavy atom. The van der Waals surface area contributed by atoms with Gasteiger partial charge in [0.25, 0.3) is 5.91 Å². The van der Waals surface area contributed by atoms with Crippen molar-refractivity contribution in [3.63, 3.8) is 0 Å². The number of carbonyl (C=O) groups is 1. The van der Waals surface area contributed by atoms with Crippen LogP contribution in [0, 0.1) is 6.92 Å². The Balaban J connectivity index is 1.46. The second-order valence-corrected chi connectivity index (χ2v) is 7.35. The van der Waals surface area contributed by atoms with Gasteiger partial charge in [-0.15, -0.1) is 0 Å². The van der Waals surface area contributed by atoms with Gasteiger partial charge in [-0.2, -0.15) is 0 Å². The van der Waals surface area contributed by atoms with Crippen LogP contribution in [-0.4, -0.2) is 35.3 Å². The minimum Gasteiger partial charge on any atom is -0.491 e. The molecule has 1 atom stereocenters. The summed E-state index contributed by atoms with van der Waals surface area (Å²) in [4.78, 5) is 16.4. The molecule has 0 spiro atoms. The van der Waals surface area contributed by atoms with Crippen LogP contribution in [0.5, 0.6) is 17.4 Å². The number of ether oxygens (including phenoxy) is 2. The van der Waals surface area contributed by atoms with Crippen molar-refractivity contribution in [2.24, 2.45) is 0 Å². The number of amides is 1. The predicted octanol–water partition coefficient (Wildman–Crippen LogP) is 4.11. The summed E-state index contributed by atoms with van der Waals surface area (Å²) in [7, 11) is 0.